The van der Waals surface area contributed by atoms with Crippen molar-refractivity contribution in [1.82, 2.24) is 19.5 Å². The van der Waals surface area contributed by atoms with Gasteiger partial charge < -0.3 is 15.6 Å². The summed E-state index contributed by atoms with van der Waals surface area (Å²) in [6, 6.07) is -0.450. The maximum absolute atomic E-state index is 9.31. The first-order valence-electron chi connectivity index (χ1n) is 6.10. The molecule has 0 aliphatic carbocycles. The van der Waals surface area contributed by atoms with Crippen molar-refractivity contribution < 1.29 is 9.84 Å². The number of anilines is 1. The number of aromatic nitrogens is 4. The Kier molecular flexibility index (Phi) is 3.64. The molecule has 1 aliphatic rings. The van der Waals surface area contributed by atoms with Crippen LogP contribution in [-0.2, 0) is 4.74 Å². The van der Waals surface area contributed by atoms with E-state index in [-0.39, 0.29) is 12.4 Å². The highest BCUT2D eigenvalue weighted by Crippen LogP contribution is 2.35. The predicted molar refractivity (Wildman–Crippen MR) is 76.0 cm³/mol. The summed E-state index contributed by atoms with van der Waals surface area (Å²) in [5, 5.41) is 13.0. The van der Waals surface area contributed by atoms with Crippen molar-refractivity contribution in [2.24, 2.45) is 5.11 Å². The molecule has 0 radical (unpaired) electrons. The number of hydrogen-bond donors (Lipinski definition) is 2. The third-order valence-corrected chi connectivity index (χ3v) is 3.89. The predicted octanol–water partition coefficient (Wildman–Crippen LogP) is 1.13. The molecule has 1 aliphatic heterocycles. The van der Waals surface area contributed by atoms with Crippen LogP contribution < -0.4 is 5.73 Å². The molecule has 110 valence electrons. The normalized spacial score (nSPS) is 25.1. The molecule has 3 atom stereocenters. The number of aliphatic hydroxyl groups is 1. The van der Waals surface area contributed by atoms with E-state index in [9.17, 15) is 5.11 Å². The van der Waals surface area contributed by atoms with Crippen LogP contribution >= 0.6 is 15.9 Å². The minimum atomic E-state index is -0.561. The van der Waals surface area contributed by atoms with Crippen molar-refractivity contribution in [2.45, 2.75) is 24.8 Å². The molecule has 1 unspecified atom stereocenters. The van der Waals surface area contributed by atoms with E-state index in [1.165, 1.54) is 6.33 Å². The van der Waals surface area contributed by atoms with Gasteiger partial charge in [0.15, 0.2) is 21.7 Å². The summed E-state index contributed by atoms with van der Waals surface area (Å²) in [6.45, 7) is -0.235. The summed E-state index contributed by atoms with van der Waals surface area (Å²) in [5.41, 5.74) is 15.3. The molecule has 11 heteroatoms. The van der Waals surface area contributed by atoms with Gasteiger partial charge in [-0.15, -0.1) is 0 Å². The smallest absolute Gasteiger partial charge is 0.181 e. The lowest BCUT2D eigenvalue weighted by Gasteiger charge is -2.14. The zero-order chi connectivity index (χ0) is 15.0. The molecule has 21 heavy (non-hydrogen) atoms. The van der Waals surface area contributed by atoms with E-state index in [0.717, 1.165) is 0 Å². The lowest BCUT2D eigenvalue weighted by molar-refractivity contribution is -0.0242. The Hall–Kier alpha value is -1.94. The Morgan fingerprint density at radius 2 is 2.43 bits per heavy atom. The maximum Gasteiger partial charge on any atom is 0.181 e. The molecule has 0 amide bonds. The van der Waals surface area contributed by atoms with Crippen LogP contribution in [0.1, 0.15) is 12.6 Å². The number of rotatable bonds is 3. The Morgan fingerprint density at radius 1 is 1.62 bits per heavy atom. The average Bonchev–Trinajstić information content (AvgIpc) is 3.00. The number of nitrogens with zero attached hydrogens (tertiary/aromatic N) is 7. The molecule has 0 spiro atoms. The topological polar surface area (TPSA) is 148 Å². The van der Waals surface area contributed by atoms with Crippen molar-refractivity contribution in [3.63, 3.8) is 0 Å². The van der Waals surface area contributed by atoms with Gasteiger partial charge in [0, 0.05) is 11.3 Å². The Bertz CT molecular complexity index is 727. The fourth-order valence-corrected chi connectivity index (χ4v) is 2.95. The van der Waals surface area contributed by atoms with Gasteiger partial charge in [0.1, 0.15) is 12.6 Å². The van der Waals surface area contributed by atoms with Gasteiger partial charge >= 0.3 is 0 Å². The van der Waals surface area contributed by atoms with Gasteiger partial charge in [-0.05, 0) is 21.5 Å². The minimum Gasteiger partial charge on any atom is -0.394 e. The molecule has 1 saturated heterocycles. The van der Waals surface area contributed by atoms with E-state index in [4.69, 9.17) is 16.0 Å². The van der Waals surface area contributed by atoms with Crippen LogP contribution in [0, 0.1) is 0 Å². The minimum absolute atomic E-state index is 0.235. The first kappa shape index (κ1) is 14.0. The molecular weight excluding hydrogens is 344 g/mol. The third-order valence-electron chi connectivity index (χ3n) is 3.33. The fourth-order valence-electron chi connectivity index (χ4n) is 2.38. The van der Waals surface area contributed by atoms with Crippen molar-refractivity contribution in [3.8, 4) is 0 Å². The molecule has 1 fully saturated rings. The highest BCUT2D eigenvalue weighted by Gasteiger charge is 2.37. The molecule has 10 nitrogen and oxygen atoms in total. The van der Waals surface area contributed by atoms with Gasteiger partial charge in [0.25, 0.3) is 0 Å². The number of imidazole rings is 1. The molecule has 3 N–H and O–H groups in total. The SMILES string of the molecule is [N-]=[N+]=NC1C[C@H](n2c(Br)nc3c(N)ncnc32)O[C@@H]1CO. The molecule has 2 aromatic heterocycles. The molecule has 0 aromatic carbocycles. The number of aliphatic hydroxyl groups excluding tert-OH is 1. The number of nitrogen functional groups attached to an aromatic ring is 1. The number of nitrogens with two attached hydrogens (primary N) is 1. The number of azide groups is 1. The van der Waals surface area contributed by atoms with E-state index in [0.29, 0.717) is 22.3 Å². The van der Waals surface area contributed by atoms with Gasteiger partial charge in [-0.1, -0.05) is 5.11 Å². The van der Waals surface area contributed by atoms with Gasteiger partial charge in [-0.3, -0.25) is 4.57 Å². The van der Waals surface area contributed by atoms with E-state index >= 15 is 0 Å². The molecule has 0 saturated carbocycles. The Balaban J connectivity index is 2.04. The second-order valence-corrected chi connectivity index (χ2v) is 5.21. The van der Waals surface area contributed by atoms with Crippen LogP contribution in [-0.4, -0.2) is 43.4 Å². The van der Waals surface area contributed by atoms with Crippen molar-refractivity contribution in [2.75, 3.05) is 12.3 Å². The van der Waals surface area contributed by atoms with Crippen LogP contribution in [0.2, 0.25) is 0 Å². The van der Waals surface area contributed by atoms with Gasteiger partial charge in [0.2, 0.25) is 0 Å². The van der Waals surface area contributed by atoms with Gasteiger partial charge in [-0.2, -0.15) is 0 Å². The van der Waals surface area contributed by atoms with E-state index < -0.39 is 18.4 Å². The Labute approximate surface area is 126 Å². The second kappa shape index (κ2) is 5.45. The summed E-state index contributed by atoms with van der Waals surface area (Å²) in [6.07, 6.45) is 0.718. The van der Waals surface area contributed by atoms with Crippen LogP contribution in [0.4, 0.5) is 5.82 Å². The number of hydrogen-bond acceptors (Lipinski definition) is 7. The lowest BCUT2D eigenvalue weighted by atomic mass is 10.1. The first-order valence-corrected chi connectivity index (χ1v) is 6.89. The third kappa shape index (κ3) is 2.29. The number of fused-ring (bicyclic) bond motifs is 1. The number of halogens is 1. The summed E-state index contributed by atoms with van der Waals surface area (Å²) in [4.78, 5) is 15.1. The van der Waals surface area contributed by atoms with Gasteiger partial charge in [0.05, 0.1) is 18.8 Å². The zero-order valence-electron chi connectivity index (χ0n) is 10.7. The Morgan fingerprint density at radius 3 is 3.14 bits per heavy atom. The largest absolute Gasteiger partial charge is 0.394 e. The highest BCUT2D eigenvalue weighted by atomic mass is 79.9. The van der Waals surface area contributed by atoms with Crippen molar-refractivity contribution in [3.05, 3.63) is 21.5 Å². The summed E-state index contributed by atoms with van der Waals surface area (Å²) in [5.74, 6) is 0.266. The van der Waals surface area contributed by atoms with Crippen LogP contribution in [0.25, 0.3) is 21.6 Å². The second-order valence-electron chi connectivity index (χ2n) is 4.50. The average molecular weight is 355 g/mol. The monoisotopic (exact) mass is 354 g/mol. The quantitative estimate of drug-likeness (QED) is 0.365. The van der Waals surface area contributed by atoms with E-state index in [1.54, 1.807) is 4.57 Å². The summed E-state index contributed by atoms with van der Waals surface area (Å²) >= 11 is 3.34. The van der Waals surface area contributed by atoms with E-state index in [2.05, 4.69) is 40.9 Å². The van der Waals surface area contributed by atoms with E-state index in [1.807, 2.05) is 0 Å². The van der Waals surface area contributed by atoms with Crippen LogP contribution in [0.5, 0.6) is 0 Å². The molecule has 3 heterocycles. The summed E-state index contributed by atoms with van der Waals surface area (Å²) in [7, 11) is 0. The standard InChI is InChI=1S/C10H11BrN8O2/c11-10-16-7-8(12)14-3-15-9(7)19(10)6-1-4(17-18-13)5(2-20)21-6/h3-6,20H,1-2H2,(H2,12,14,15)/t4?,5-,6-/m1/s1. The van der Waals surface area contributed by atoms with Crippen molar-refractivity contribution in [1.29, 1.82) is 0 Å². The van der Waals surface area contributed by atoms with Crippen LogP contribution in [0.15, 0.2) is 16.2 Å². The molecule has 0 bridgehead atoms. The maximum atomic E-state index is 9.31. The van der Waals surface area contributed by atoms with Crippen molar-refractivity contribution >= 4 is 32.9 Å². The lowest BCUT2D eigenvalue weighted by Crippen LogP contribution is -2.23. The first-order chi connectivity index (χ1) is 10.2. The zero-order valence-corrected chi connectivity index (χ0v) is 12.3. The molecule has 2 aromatic rings. The fraction of sp³-hybridized carbons (Fsp3) is 0.500. The van der Waals surface area contributed by atoms with Gasteiger partial charge in [-0.25, -0.2) is 15.0 Å². The molecule has 3 rings (SSSR count). The molecular formula is C10H11BrN8O2. The van der Waals surface area contributed by atoms with Crippen LogP contribution in [0.3, 0.4) is 0 Å². The highest BCUT2D eigenvalue weighted by molar-refractivity contribution is 9.10. The summed E-state index contributed by atoms with van der Waals surface area (Å²) < 4.78 is 7.90. The number of ether oxygens (including phenoxy) is 1.